The Morgan fingerprint density at radius 3 is 1.47 bits per heavy atom. The molecule has 0 aliphatic rings. The van der Waals surface area contributed by atoms with Gasteiger partial charge in [-0.3, -0.25) is 4.79 Å². The van der Waals surface area contributed by atoms with E-state index in [1.165, 1.54) is 5.56 Å². The number of benzene rings is 5. The lowest BCUT2D eigenvalue weighted by Gasteiger charge is -2.37. The first-order chi connectivity index (χ1) is 17.8. The molecule has 0 bridgehead atoms. The number of amides is 1. The van der Waals surface area contributed by atoms with E-state index in [0.29, 0.717) is 5.56 Å². The van der Waals surface area contributed by atoms with Crippen molar-refractivity contribution in [2.75, 3.05) is 0 Å². The third-order valence-electron chi connectivity index (χ3n) is 6.29. The summed E-state index contributed by atoms with van der Waals surface area (Å²) in [5, 5.41) is 3.48. The first kappa shape index (κ1) is 23.7. The van der Waals surface area contributed by atoms with E-state index >= 15 is 0 Å². The summed E-state index contributed by atoms with van der Waals surface area (Å²) < 4.78 is 0. The number of carbonyl (C=O) groups excluding carboxylic acids is 1. The molecule has 0 saturated carbocycles. The van der Waals surface area contributed by atoms with Crippen molar-refractivity contribution in [3.8, 4) is 0 Å². The molecule has 0 atom stereocenters. The molecule has 0 radical (unpaired) electrons. The van der Waals surface area contributed by atoms with Crippen LogP contribution in [0.2, 0.25) is 0 Å². The fourth-order valence-corrected chi connectivity index (χ4v) is 5.54. The van der Waals surface area contributed by atoms with Crippen molar-refractivity contribution in [2.45, 2.75) is 16.2 Å². The van der Waals surface area contributed by atoms with Gasteiger partial charge in [0.25, 0.3) is 5.91 Å². The molecular formula is C33H27NOS. The average Bonchev–Trinajstić information content (AvgIpc) is 2.97. The highest BCUT2D eigenvalue weighted by molar-refractivity contribution is 7.98. The minimum absolute atomic E-state index is 0.109. The first-order valence-corrected chi connectivity index (χ1v) is 13.0. The van der Waals surface area contributed by atoms with Crippen LogP contribution in [-0.2, 0) is 11.3 Å². The lowest BCUT2D eigenvalue weighted by molar-refractivity contribution is 0.0922. The normalized spacial score (nSPS) is 11.1. The molecule has 1 amide bonds. The molecule has 176 valence electrons. The molecule has 5 rings (SSSR count). The molecule has 0 aromatic heterocycles. The fourth-order valence-electron chi connectivity index (χ4n) is 4.53. The second kappa shape index (κ2) is 11.1. The van der Waals surface area contributed by atoms with Gasteiger partial charge in [0.05, 0.1) is 5.56 Å². The van der Waals surface area contributed by atoms with Crippen molar-refractivity contribution >= 4 is 17.7 Å². The van der Waals surface area contributed by atoms with Crippen molar-refractivity contribution in [3.05, 3.63) is 173 Å². The Kier molecular flexibility index (Phi) is 7.30. The van der Waals surface area contributed by atoms with Crippen molar-refractivity contribution < 1.29 is 4.79 Å². The number of hydrogen-bond acceptors (Lipinski definition) is 2. The van der Waals surface area contributed by atoms with Crippen molar-refractivity contribution in [1.29, 1.82) is 0 Å². The van der Waals surface area contributed by atoms with E-state index in [9.17, 15) is 4.79 Å². The molecule has 0 saturated heterocycles. The lowest BCUT2D eigenvalue weighted by Crippen LogP contribution is -2.48. The van der Waals surface area contributed by atoms with Crippen LogP contribution in [0.25, 0.3) is 0 Å². The van der Waals surface area contributed by atoms with Crippen LogP contribution in [0, 0.1) is 0 Å². The largest absolute Gasteiger partial charge is 0.334 e. The zero-order chi connectivity index (χ0) is 24.6. The Balaban J connectivity index is 1.58. The van der Waals surface area contributed by atoms with Gasteiger partial charge in [-0.25, -0.2) is 0 Å². The molecule has 5 aromatic rings. The highest BCUT2D eigenvalue weighted by Crippen LogP contribution is 2.37. The Morgan fingerprint density at radius 2 is 0.972 bits per heavy atom. The molecule has 0 unspecified atom stereocenters. The average molecular weight is 486 g/mol. The van der Waals surface area contributed by atoms with Gasteiger partial charge in [-0.15, -0.1) is 11.8 Å². The number of thioether (sulfide) groups is 1. The van der Waals surface area contributed by atoms with Crippen molar-refractivity contribution in [1.82, 2.24) is 5.32 Å². The number of carbonyl (C=O) groups is 1. The Labute approximate surface area is 217 Å². The minimum atomic E-state index is -0.849. The van der Waals surface area contributed by atoms with Crippen LogP contribution in [0.4, 0.5) is 0 Å². The van der Waals surface area contributed by atoms with Crippen LogP contribution in [0.1, 0.15) is 32.6 Å². The number of hydrogen-bond donors (Lipinski definition) is 1. The van der Waals surface area contributed by atoms with Gasteiger partial charge in [0, 0.05) is 10.6 Å². The quantitative estimate of drug-likeness (QED) is 0.180. The number of rotatable bonds is 8. The monoisotopic (exact) mass is 485 g/mol. The molecule has 0 aliphatic heterocycles. The maximum absolute atomic E-state index is 14.1. The lowest BCUT2D eigenvalue weighted by atomic mass is 9.77. The van der Waals surface area contributed by atoms with Crippen LogP contribution in [-0.4, -0.2) is 5.91 Å². The van der Waals surface area contributed by atoms with E-state index in [2.05, 4.69) is 53.8 Å². The van der Waals surface area contributed by atoms with Gasteiger partial charge < -0.3 is 5.32 Å². The molecule has 0 spiro atoms. The van der Waals surface area contributed by atoms with E-state index in [1.54, 1.807) is 11.8 Å². The van der Waals surface area contributed by atoms with Crippen molar-refractivity contribution in [2.24, 2.45) is 0 Å². The third-order valence-corrected chi connectivity index (χ3v) is 7.43. The van der Waals surface area contributed by atoms with Gasteiger partial charge >= 0.3 is 0 Å². The SMILES string of the molecule is O=C(NC(c1ccccc1)(c1ccccc1)c1ccccc1)c1ccccc1SCc1ccccc1. The summed E-state index contributed by atoms with van der Waals surface area (Å²) in [4.78, 5) is 15.0. The highest BCUT2D eigenvalue weighted by atomic mass is 32.2. The van der Waals surface area contributed by atoms with E-state index in [4.69, 9.17) is 0 Å². The minimum Gasteiger partial charge on any atom is -0.334 e. The molecule has 0 heterocycles. The first-order valence-electron chi connectivity index (χ1n) is 12.0. The van der Waals surface area contributed by atoms with Crippen LogP contribution in [0.15, 0.2) is 150 Å². The zero-order valence-electron chi connectivity index (χ0n) is 19.9. The second-order valence-electron chi connectivity index (χ2n) is 8.57. The predicted octanol–water partition coefficient (Wildman–Crippen LogP) is 7.70. The second-order valence-corrected chi connectivity index (χ2v) is 9.59. The van der Waals surface area contributed by atoms with Gasteiger partial charge in [-0.05, 0) is 34.4 Å². The Bertz CT molecular complexity index is 1310. The zero-order valence-corrected chi connectivity index (χ0v) is 20.7. The molecule has 1 N–H and O–H groups in total. The summed E-state index contributed by atoms with van der Waals surface area (Å²) in [5.74, 6) is 0.689. The van der Waals surface area contributed by atoms with Crippen molar-refractivity contribution in [3.63, 3.8) is 0 Å². The molecule has 36 heavy (non-hydrogen) atoms. The van der Waals surface area contributed by atoms with E-state index < -0.39 is 5.54 Å². The standard InChI is InChI=1S/C33H27NOS/c35-32(30-23-13-14-24-31(30)36-25-26-15-5-1-6-16-26)34-33(27-17-7-2-8-18-27,28-19-9-3-10-20-28)29-21-11-4-12-22-29/h1-24H,25H2,(H,34,35). The molecule has 0 aliphatic carbocycles. The maximum atomic E-state index is 14.1. The summed E-state index contributed by atoms with van der Waals surface area (Å²) in [6.07, 6.45) is 0. The fraction of sp³-hybridized carbons (Fsp3) is 0.0606. The van der Waals surface area contributed by atoms with E-state index in [1.807, 2.05) is 97.1 Å². The molecule has 0 fully saturated rings. The van der Waals surface area contributed by atoms with Gasteiger partial charge in [0.15, 0.2) is 0 Å². The highest BCUT2D eigenvalue weighted by Gasteiger charge is 2.38. The van der Waals surface area contributed by atoms with Crippen LogP contribution in [0.5, 0.6) is 0 Å². The molecular weight excluding hydrogens is 458 g/mol. The molecule has 3 heteroatoms. The molecule has 2 nitrogen and oxygen atoms in total. The Hall–Kier alpha value is -4.08. The predicted molar refractivity (Wildman–Crippen MR) is 149 cm³/mol. The van der Waals surface area contributed by atoms with Gasteiger partial charge in [0.2, 0.25) is 0 Å². The maximum Gasteiger partial charge on any atom is 0.253 e. The van der Waals surface area contributed by atoms with Gasteiger partial charge in [0.1, 0.15) is 5.54 Å². The summed E-state index contributed by atoms with van der Waals surface area (Å²) in [5.41, 5.74) is 4.06. The van der Waals surface area contributed by atoms with E-state index in [0.717, 1.165) is 27.3 Å². The van der Waals surface area contributed by atoms with Crippen LogP contribution in [0.3, 0.4) is 0 Å². The third kappa shape index (κ3) is 4.98. The summed E-state index contributed by atoms with van der Waals surface area (Å²) in [7, 11) is 0. The Morgan fingerprint density at radius 1 is 0.556 bits per heavy atom. The van der Waals surface area contributed by atoms with Gasteiger partial charge in [-0.1, -0.05) is 133 Å². The van der Waals surface area contributed by atoms with Gasteiger partial charge in [-0.2, -0.15) is 0 Å². The topological polar surface area (TPSA) is 29.1 Å². The summed E-state index contributed by atoms with van der Waals surface area (Å²) >= 11 is 1.68. The van der Waals surface area contributed by atoms with E-state index in [-0.39, 0.29) is 5.91 Å². The van der Waals surface area contributed by atoms with Crippen LogP contribution < -0.4 is 5.32 Å². The summed E-state index contributed by atoms with van der Waals surface area (Å²) in [6, 6.07) is 48.8. The van der Waals surface area contributed by atoms with Crippen LogP contribution >= 0.6 is 11.8 Å². The summed E-state index contributed by atoms with van der Waals surface area (Å²) in [6.45, 7) is 0. The number of nitrogens with one attached hydrogen (secondary N) is 1. The molecule has 5 aromatic carbocycles. The smallest absolute Gasteiger partial charge is 0.253 e.